The third-order valence-corrected chi connectivity index (χ3v) is 5.04. The summed E-state index contributed by atoms with van der Waals surface area (Å²) in [5.41, 5.74) is 5.19. The molecule has 0 atom stereocenters. The zero-order valence-corrected chi connectivity index (χ0v) is 16.2. The first-order valence-corrected chi connectivity index (χ1v) is 9.48. The van der Waals surface area contributed by atoms with Crippen molar-refractivity contribution in [3.05, 3.63) is 53.1 Å². The molecule has 2 aromatic rings. The van der Waals surface area contributed by atoms with Gasteiger partial charge < -0.3 is 20.1 Å². The van der Waals surface area contributed by atoms with Gasteiger partial charge in [0.05, 0.1) is 14.2 Å². The lowest BCUT2D eigenvalue weighted by molar-refractivity contribution is 0.354. The average Bonchev–Trinajstić information content (AvgIpc) is 2.68. The Bertz CT molecular complexity index is 777. The van der Waals surface area contributed by atoms with E-state index in [2.05, 4.69) is 28.8 Å². The quantitative estimate of drug-likeness (QED) is 0.749. The van der Waals surface area contributed by atoms with Crippen molar-refractivity contribution in [2.24, 2.45) is 0 Å². The number of thiocarbonyl (C=S) groups is 1. The molecule has 3 rings (SSSR count). The predicted octanol–water partition coefficient (Wildman–Crippen LogP) is 4.11. The van der Waals surface area contributed by atoms with Crippen LogP contribution in [0.4, 0.5) is 5.69 Å². The fraction of sp³-hybridized carbons (Fsp3) is 0.381. The van der Waals surface area contributed by atoms with Gasteiger partial charge in [-0.3, -0.25) is 0 Å². The van der Waals surface area contributed by atoms with Gasteiger partial charge in [-0.1, -0.05) is 18.2 Å². The van der Waals surface area contributed by atoms with E-state index >= 15 is 0 Å². The average molecular weight is 371 g/mol. The maximum Gasteiger partial charge on any atom is 0.170 e. The predicted molar refractivity (Wildman–Crippen MR) is 111 cm³/mol. The zero-order valence-electron chi connectivity index (χ0n) is 15.4. The van der Waals surface area contributed by atoms with Crippen molar-refractivity contribution in [3.63, 3.8) is 0 Å². The number of rotatable bonds is 6. The lowest BCUT2D eigenvalue weighted by atomic mass is 9.90. The summed E-state index contributed by atoms with van der Waals surface area (Å²) in [4.78, 5) is 0. The van der Waals surface area contributed by atoms with Crippen molar-refractivity contribution in [1.82, 2.24) is 5.32 Å². The Balaban J connectivity index is 1.54. The van der Waals surface area contributed by atoms with Crippen LogP contribution < -0.4 is 20.1 Å². The molecule has 0 saturated heterocycles. The topological polar surface area (TPSA) is 42.5 Å². The highest BCUT2D eigenvalue weighted by atomic mass is 32.1. The number of hydrogen-bond donors (Lipinski definition) is 2. The number of hydrogen-bond acceptors (Lipinski definition) is 3. The van der Waals surface area contributed by atoms with E-state index in [9.17, 15) is 0 Å². The zero-order chi connectivity index (χ0) is 18.4. The molecule has 2 N–H and O–H groups in total. The molecule has 0 spiro atoms. The Morgan fingerprint density at radius 1 is 1.04 bits per heavy atom. The Morgan fingerprint density at radius 3 is 2.65 bits per heavy atom. The first-order valence-electron chi connectivity index (χ1n) is 9.08. The number of ether oxygens (including phenoxy) is 2. The number of aryl methyl sites for hydroxylation is 1. The maximum absolute atomic E-state index is 5.48. The smallest absolute Gasteiger partial charge is 0.170 e. The van der Waals surface area contributed by atoms with E-state index in [1.54, 1.807) is 14.2 Å². The molecule has 5 heteroatoms. The molecule has 0 heterocycles. The van der Waals surface area contributed by atoms with Crippen LogP contribution in [0.5, 0.6) is 11.5 Å². The summed E-state index contributed by atoms with van der Waals surface area (Å²) in [6, 6.07) is 12.4. The molecule has 0 saturated carbocycles. The molecule has 4 nitrogen and oxygen atoms in total. The second-order valence-electron chi connectivity index (χ2n) is 6.47. The highest BCUT2D eigenvalue weighted by molar-refractivity contribution is 7.80. The minimum atomic E-state index is 0.671. The number of anilines is 1. The van der Waals surface area contributed by atoms with Gasteiger partial charge in [0.1, 0.15) is 0 Å². The van der Waals surface area contributed by atoms with Gasteiger partial charge in [-0.25, -0.2) is 0 Å². The SMILES string of the molecule is COc1ccc(CCNC(=S)Nc2cccc3c2CCCC3)cc1OC. The van der Waals surface area contributed by atoms with Crippen LogP contribution in [0.15, 0.2) is 36.4 Å². The Hall–Kier alpha value is -2.27. The molecule has 0 radical (unpaired) electrons. The second-order valence-corrected chi connectivity index (χ2v) is 6.88. The van der Waals surface area contributed by atoms with Crippen LogP contribution in [-0.4, -0.2) is 25.9 Å². The van der Waals surface area contributed by atoms with Gasteiger partial charge in [0.25, 0.3) is 0 Å². The van der Waals surface area contributed by atoms with Gasteiger partial charge in [0, 0.05) is 12.2 Å². The van der Waals surface area contributed by atoms with Gasteiger partial charge >= 0.3 is 0 Å². The van der Waals surface area contributed by atoms with E-state index in [1.165, 1.54) is 36.0 Å². The summed E-state index contributed by atoms with van der Waals surface area (Å²) in [6.45, 7) is 0.760. The molecule has 26 heavy (non-hydrogen) atoms. The summed E-state index contributed by atoms with van der Waals surface area (Å²) in [5, 5.41) is 7.34. The summed E-state index contributed by atoms with van der Waals surface area (Å²) < 4.78 is 10.6. The minimum absolute atomic E-state index is 0.671. The first-order chi connectivity index (χ1) is 12.7. The van der Waals surface area contributed by atoms with E-state index in [0.29, 0.717) is 5.11 Å². The van der Waals surface area contributed by atoms with Crippen molar-refractivity contribution in [1.29, 1.82) is 0 Å². The molecular weight excluding hydrogens is 344 g/mol. The van der Waals surface area contributed by atoms with E-state index < -0.39 is 0 Å². The molecular formula is C21H26N2O2S. The van der Waals surface area contributed by atoms with Gasteiger partial charge in [0.2, 0.25) is 0 Å². The molecule has 1 aliphatic carbocycles. The Labute approximate surface area is 160 Å². The van der Waals surface area contributed by atoms with E-state index in [0.717, 1.165) is 36.6 Å². The van der Waals surface area contributed by atoms with E-state index in [4.69, 9.17) is 21.7 Å². The minimum Gasteiger partial charge on any atom is -0.493 e. The van der Waals surface area contributed by atoms with Crippen molar-refractivity contribution in [2.45, 2.75) is 32.1 Å². The normalized spacial score (nSPS) is 12.8. The molecule has 0 aliphatic heterocycles. The highest BCUT2D eigenvalue weighted by Crippen LogP contribution is 2.28. The van der Waals surface area contributed by atoms with Crippen LogP contribution in [0.3, 0.4) is 0 Å². The molecule has 138 valence electrons. The lowest BCUT2D eigenvalue weighted by Gasteiger charge is -2.20. The fourth-order valence-corrected chi connectivity index (χ4v) is 3.63. The standard InChI is InChI=1S/C21H26N2O2S/c1-24-19-11-10-15(14-20(19)25-2)12-13-22-21(26)23-18-9-5-7-16-6-3-4-8-17(16)18/h5,7,9-11,14H,3-4,6,8,12-13H2,1-2H3,(H2,22,23,26). The monoisotopic (exact) mass is 370 g/mol. The molecule has 0 aromatic heterocycles. The van der Waals surface area contributed by atoms with Crippen molar-refractivity contribution in [2.75, 3.05) is 26.1 Å². The van der Waals surface area contributed by atoms with Gasteiger partial charge in [0.15, 0.2) is 16.6 Å². The highest BCUT2D eigenvalue weighted by Gasteiger charge is 2.13. The van der Waals surface area contributed by atoms with Crippen LogP contribution in [0, 0.1) is 0 Å². The van der Waals surface area contributed by atoms with E-state index in [-0.39, 0.29) is 0 Å². The molecule has 0 unspecified atom stereocenters. The first kappa shape index (κ1) is 18.5. The van der Waals surface area contributed by atoms with Crippen LogP contribution in [-0.2, 0) is 19.3 Å². The fourth-order valence-electron chi connectivity index (χ4n) is 3.42. The summed E-state index contributed by atoms with van der Waals surface area (Å²) in [7, 11) is 3.30. The maximum atomic E-state index is 5.48. The van der Waals surface area contributed by atoms with Crippen LogP contribution >= 0.6 is 12.2 Å². The largest absolute Gasteiger partial charge is 0.493 e. The Kier molecular flexibility index (Phi) is 6.34. The number of nitrogens with one attached hydrogen (secondary N) is 2. The van der Waals surface area contributed by atoms with Gasteiger partial charge in [-0.05, 0) is 79.2 Å². The molecule has 1 aliphatic rings. The van der Waals surface area contributed by atoms with E-state index in [1.807, 2.05) is 18.2 Å². The number of fused-ring (bicyclic) bond motifs is 1. The van der Waals surface area contributed by atoms with Gasteiger partial charge in [-0.2, -0.15) is 0 Å². The van der Waals surface area contributed by atoms with Crippen molar-refractivity contribution < 1.29 is 9.47 Å². The molecule has 0 amide bonds. The molecule has 0 bridgehead atoms. The van der Waals surface area contributed by atoms with Crippen molar-refractivity contribution in [3.8, 4) is 11.5 Å². The molecule has 2 aromatic carbocycles. The third-order valence-electron chi connectivity index (χ3n) is 4.79. The van der Waals surface area contributed by atoms with Crippen molar-refractivity contribution >= 4 is 23.0 Å². The Morgan fingerprint density at radius 2 is 1.85 bits per heavy atom. The van der Waals surface area contributed by atoms with Gasteiger partial charge in [-0.15, -0.1) is 0 Å². The third kappa shape index (κ3) is 4.47. The molecule has 0 fully saturated rings. The number of benzene rings is 2. The lowest BCUT2D eigenvalue weighted by Crippen LogP contribution is -2.30. The van der Waals surface area contributed by atoms with Crippen LogP contribution in [0.1, 0.15) is 29.5 Å². The van der Waals surface area contributed by atoms with Crippen LogP contribution in [0.25, 0.3) is 0 Å². The summed E-state index contributed by atoms with van der Waals surface area (Å²) in [6.07, 6.45) is 5.70. The second kappa shape index (κ2) is 8.90. The van der Waals surface area contributed by atoms with Crippen LogP contribution in [0.2, 0.25) is 0 Å². The summed E-state index contributed by atoms with van der Waals surface area (Å²) >= 11 is 5.48. The number of methoxy groups -OCH3 is 2. The summed E-state index contributed by atoms with van der Waals surface area (Å²) in [5.74, 6) is 1.50.